The predicted octanol–water partition coefficient (Wildman–Crippen LogP) is 6.33. The standard InChI is InChI=1S/C51H59N3O11/c1-48(2,3)65-47(61)53-27-39(44(58)54-34-12-10-32-26-52-20-16-31(32)22-34)30-8-6-29(7-9-30)17-21-63-45(59)37-24-38(37)46(60)64-28-42(57)51(62)19-15-40-36-13-11-33-23-35(55)14-18-49(33,4)43(36)41(56)25-50(40,51)5/h6-10,12,14,16,18,20,22-23,26,36-41,43,56,62H,11,13,15,17,19,21,24-25,27-28H2,1-5H3,(H,53,61)(H,54,58)/t36-,37?,38?,39?,40-,41-,43+,49-,50-,51-/m0/s1. The number of nitrogens with one attached hydrogen (secondary N) is 2. The molecule has 4 N–H and O–H groups in total. The molecule has 2 amide bonds. The maximum Gasteiger partial charge on any atom is 0.407 e. The number of fused-ring (bicyclic) bond motifs is 6. The van der Waals surface area contributed by atoms with Crippen molar-refractivity contribution in [2.24, 2.45) is 40.4 Å². The van der Waals surface area contributed by atoms with E-state index in [1.54, 1.807) is 63.5 Å². The van der Waals surface area contributed by atoms with E-state index in [0.29, 0.717) is 30.5 Å². The lowest BCUT2D eigenvalue weighted by Gasteiger charge is -2.59. The van der Waals surface area contributed by atoms with Crippen LogP contribution in [0.4, 0.5) is 10.5 Å². The summed E-state index contributed by atoms with van der Waals surface area (Å²) in [6.45, 7) is 8.59. The Bertz CT molecular complexity index is 2460. The van der Waals surface area contributed by atoms with Gasteiger partial charge in [-0.05, 0) is 118 Å². The number of hydrogen-bond acceptors (Lipinski definition) is 12. The molecule has 14 heteroatoms. The van der Waals surface area contributed by atoms with Gasteiger partial charge in [-0.1, -0.05) is 55.8 Å². The number of allylic oxidation sites excluding steroid dienone is 4. The van der Waals surface area contributed by atoms with Gasteiger partial charge in [0.1, 0.15) is 11.2 Å². The topological polar surface area (TPSA) is 208 Å². The molecule has 3 aromatic rings. The van der Waals surface area contributed by atoms with Gasteiger partial charge >= 0.3 is 18.0 Å². The average molecular weight is 890 g/mol. The first-order chi connectivity index (χ1) is 30.8. The number of carbonyl (C=O) groups is 6. The molecule has 0 saturated heterocycles. The second kappa shape index (κ2) is 17.6. The molecule has 0 aliphatic heterocycles. The van der Waals surface area contributed by atoms with Crippen LogP contribution in [0.15, 0.2) is 84.7 Å². The molecule has 4 saturated carbocycles. The fourth-order valence-electron chi connectivity index (χ4n) is 11.4. The zero-order valence-electron chi connectivity index (χ0n) is 37.6. The lowest BCUT2D eigenvalue weighted by Crippen LogP contribution is -2.61. The Morgan fingerprint density at radius 3 is 2.43 bits per heavy atom. The third-order valence-electron chi connectivity index (χ3n) is 14.9. The molecule has 3 unspecified atom stereocenters. The summed E-state index contributed by atoms with van der Waals surface area (Å²) in [5.74, 6) is -4.59. The van der Waals surface area contributed by atoms with E-state index in [2.05, 4.69) is 22.5 Å². The second-order valence-electron chi connectivity index (χ2n) is 20.1. The molecule has 14 nitrogen and oxygen atoms in total. The minimum atomic E-state index is -1.79. The van der Waals surface area contributed by atoms with Crippen molar-refractivity contribution in [3.63, 3.8) is 0 Å². The van der Waals surface area contributed by atoms with Crippen LogP contribution >= 0.6 is 0 Å². The van der Waals surface area contributed by atoms with Crippen LogP contribution in [0.2, 0.25) is 0 Å². The van der Waals surface area contributed by atoms with Crippen LogP contribution in [0.25, 0.3) is 10.8 Å². The normalized spacial score (nSPS) is 30.4. The van der Waals surface area contributed by atoms with Crippen LogP contribution in [-0.2, 0) is 44.6 Å². The number of aliphatic hydroxyl groups is 2. The number of carbonyl (C=O) groups excluding carboxylic acids is 6. The highest BCUT2D eigenvalue weighted by atomic mass is 16.6. The van der Waals surface area contributed by atoms with Gasteiger partial charge in [-0.3, -0.25) is 29.0 Å². The van der Waals surface area contributed by atoms with Crippen LogP contribution < -0.4 is 10.6 Å². The maximum atomic E-state index is 13.8. The number of nitrogens with zero attached hydrogens (tertiary/aromatic N) is 1. The Morgan fingerprint density at radius 2 is 1.69 bits per heavy atom. The number of anilines is 1. The maximum absolute atomic E-state index is 13.8. The summed E-state index contributed by atoms with van der Waals surface area (Å²) < 4.78 is 16.4. The lowest BCUT2D eigenvalue weighted by molar-refractivity contribution is -0.181. The van der Waals surface area contributed by atoms with Gasteiger partial charge in [-0.25, -0.2) is 4.79 Å². The number of amides is 2. The van der Waals surface area contributed by atoms with Crippen molar-refractivity contribution in [2.45, 2.75) is 103 Å². The molecule has 5 aliphatic carbocycles. The number of ether oxygens (including phenoxy) is 3. The fourth-order valence-corrected chi connectivity index (χ4v) is 11.4. The molecule has 0 bridgehead atoms. The smallest absolute Gasteiger partial charge is 0.407 e. The summed E-state index contributed by atoms with van der Waals surface area (Å²) >= 11 is 0. The average Bonchev–Trinajstić information content (AvgIpc) is 4.01. The third kappa shape index (κ3) is 9.12. The van der Waals surface area contributed by atoms with E-state index in [1.807, 2.05) is 43.3 Å². The van der Waals surface area contributed by atoms with E-state index in [0.717, 1.165) is 28.3 Å². The Labute approximate surface area is 378 Å². The predicted molar refractivity (Wildman–Crippen MR) is 239 cm³/mol. The van der Waals surface area contributed by atoms with Crippen molar-refractivity contribution in [3.8, 4) is 0 Å². The minimum absolute atomic E-state index is 0.0257. The van der Waals surface area contributed by atoms with Crippen LogP contribution in [0.5, 0.6) is 0 Å². The van der Waals surface area contributed by atoms with Crippen molar-refractivity contribution in [1.29, 1.82) is 0 Å². The third-order valence-corrected chi connectivity index (χ3v) is 14.9. The van der Waals surface area contributed by atoms with E-state index >= 15 is 0 Å². The lowest BCUT2D eigenvalue weighted by atomic mass is 9.46. The molecule has 0 spiro atoms. The van der Waals surface area contributed by atoms with E-state index < -0.39 is 76.3 Å². The number of rotatable bonds is 13. The van der Waals surface area contributed by atoms with Crippen molar-refractivity contribution in [2.75, 3.05) is 25.1 Å². The van der Waals surface area contributed by atoms with Gasteiger partial charge in [0.2, 0.25) is 11.7 Å². The first kappa shape index (κ1) is 45.8. The number of aromatic nitrogens is 1. The zero-order chi connectivity index (χ0) is 46.5. The number of hydrogen-bond donors (Lipinski definition) is 4. The van der Waals surface area contributed by atoms with Crippen LogP contribution in [0.1, 0.15) is 90.2 Å². The molecule has 1 aromatic heterocycles. The highest BCUT2D eigenvalue weighted by molar-refractivity contribution is 6.01. The quantitative estimate of drug-likeness (QED) is 0.110. The van der Waals surface area contributed by atoms with Crippen LogP contribution in [-0.4, -0.2) is 87.8 Å². The molecular formula is C51H59N3O11. The van der Waals surface area contributed by atoms with Gasteiger partial charge in [-0.2, -0.15) is 0 Å². The summed E-state index contributed by atoms with van der Waals surface area (Å²) in [6, 6.07) is 14.6. The van der Waals surface area contributed by atoms with Crippen LogP contribution in [0.3, 0.4) is 0 Å². The van der Waals surface area contributed by atoms with Gasteiger partial charge in [0, 0.05) is 53.2 Å². The molecule has 65 heavy (non-hydrogen) atoms. The SMILES string of the molecule is CC(C)(C)OC(=O)NCC(C(=O)Nc1ccc2cnccc2c1)c1ccc(CCOC(=O)C2CC2C(=O)OCC(=O)[C@@]2(O)CC[C@H]3[C@@H]4CCC5=CC(=O)C=C[C@]5(C)[C@H]4[C@@H](O)C[C@@]32C)cc1. The molecular weight excluding hydrogens is 831 g/mol. The van der Waals surface area contributed by atoms with Crippen LogP contribution in [0, 0.1) is 40.4 Å². The van der Waals surface area contributed by atoms with Gasteiger partial charge < -0.3 is 35.1 Å². The summed E-state index contributed by atoms with van der Waals surface area (Å²) in [5.41, 5.74) is -0.823. The second-order valence-corrected chi connectivity index (χ2v) is 20.1. The van der Waals surface area contributed by atoms with Gasteiger partial charge in [0.25, 0.3) is 0 Å². The zero-order valence-corrected chi connectivity index (χ0v) is 37.6. The molecule has 0 radical (unpaired) electrons. The molecule has 1 heterocycles. The first-order valence-corrected chi connectivity index (χ1v) is 22.7. The van der Waals surface area contributed by atoms with E-state index in [9.17, 15) is 39.0 Å². The largest absolute Gasteiger partial charge is 0.465 e. The van der Waals surface area contributed by atoms with Crippen molar-refractivity contribution < 1.29 is 53.2 Å². The number of ketones is 2. The number of alkyl carbamates (subject to hydrolysis) is 1. The monoisotopic (exact) mass is 889 g/mol. The Hall–Kier alpha value is -5.73. The summed E-state index contributed by atoms with van der Waals surface area (Å²) in [7, 11) is 0. The van der Waals surface area contributed by atoms with Gasteiger partial charge in [-0.15, -0.1) is 0 Å². The first-order valence-electron chi connectivity index (χ1n) is 22.7. The molecule has 2 aromatic carbocycles. The van der Waals surface area contributed by atoms with Crippen molar-refractivity contribution in [1.82, 2.24) is 10.3 Å². The fraction of sp³-hybridized carbons (Fsp3) is 0.510. The molecule has 5 aliphatic rings. The molecule has 4 fully saturated rings. The Balaban J connectivity index is 0.816. The number of esters is 2. The number of Topliss-reactive ketones (excluding diaryl/α,β-unsaturated/α-hetero) is 1. The molecule has 8 rings (SSSR count). The molecule has 10 atom stereocenters. The highest BCUT2D eigenvalue weighted by Crippen LogP contribution is 2.67. The van der Waals surface area contributed by atoms with E-state index in [-0.39, 0.29) is 61.9 Å². The number of benzene rings is 2. The van der Waals surface area contributed by atoms with Crippen molar-refractivity contribution in [3.05, 3.63) is 95.9 Å². The minimum Gasteiger partial charge on any atom is -0.465 e. The van der Waals surface area contributed by atoms with E-state index in [4.69, 9.17) is 14.2 Å². The van der Waals surface area contributed by atoms with Gasteiger partial charge in [0.15, 0.2) is 12.4 Å². The Kier molecular flexibility index (Phi) is 12.4. The van der Waals surface area contributed by atoms with Crippen molar-refractivity contribution >= 4 is 52.0 Å². The summed E-state index contributed by atoms with van der Waals surface area (Å²) in [6.07, 6.45) is 10.2. The van der Waals surface area contributed by atoms with E-state index in [1.165, 1.54) is 0 Å². The summed E-state index contributed by atoms with van der Waals surface area (Å²) in [5, 5.41) is 31.2. The summed E-state index contributed by atoms with van der Waals surface area (Å²) in [4.78, 5) is 82.3. The van der Waals surface area contributed by atoms with Gasteiger partial charge in [0.05, 0.1) is 30.5 Å². The molecule has 344 valence electrons. The number of pyridine rings is 1. The highest BCUT2D eigenvalue weighted by Gasteiger charge is 2.68. The number of aliphatic hydroxyl groups excluding tert-OH is 1. The Morgan fingerprint density at radius 1 is 0.954 bits per heavy atom.